The van der Waals surface area contributed by atoms with E-state index in [1.807, 2.05) is 6.92 Å². The topological polar surface area (TPSA) is 30.5 Å². The van der Waals surface area contributed by atoms with Gasteiger partial charge in [0.25, 0.3) is 0 Å². The van der Waals surface area contributed by atoms with Crippen LogP contribution in [0.4, 0.5) is 0 Å². The fourth-order valence-electron chi connectivity index (χ4n) is 2.64. The predicted octanol–water partition coefficient (Wildman–Crippen LogP) is 3.24. The number of methoxy groups -OCH3 is 2. The highest BCUT2D eigenvalue weighted by atomic mass is 79.9. The van der Waals surface area contributed by atoms with E-state index in [1.165, 1.54) is 18.4 Å². The number of rotatable bonds is 3. The monoisotopic (exact) mass is 313 g/mol. The second-order valence-corrected chi connectivity index (χ2v) is 5.49. The normalized spacial score (nSPS) is 19.7. The zero-order valence-corrected chi connectivity index (χ0v) is 12.8. The average molecular weight is 314 g/mol. The smallest absolute Gasteiger partial charge is 0.136 e. The van der Waals surface area contributed by atoms with Gasteiger partial charge < -0.3 is 14.8 Å². The van der Waals surface area contributed by atoms with Gasteiger partial charge in [0, 0.05) is 18.0 Å². The molecule has 0 aliphatic carbocycles. The van der Waals surface area contributed by atoms with Crippen LogP contribution in [0.3, 0.4) is 0 Å². The Bertz CT molecular complexity index is 428. The van der Waals surface area contributed by atoms with Gasteiger partial charge >= 0.3 is 0 Å². The van der Waals surface area contributed by atoms with E-state index in [-0.39, 0.29) is 0 Å². The Hall–Kier alpha value is -0.740. The minimum Gasteiger partial charge on any atom is -0.496 e. The van der Waals surface area contributed by atoms with Crippen LogP contribution in [0, 0.1) is 6.92 Å². The van der Waals surface area contributed by atoms with Crippen molar-refractivity contribution in [2.75, 3.05) is 27.3 Å². The number of hydrogen-bond donors (Lipinski definition) is 1. The summed E-state index contributed by atoms with van der Waals surface area (Å²) in [6, 6.07) is 2.06. The molecule has 1 heterocycles. The van der Waals surface area contributed by atoms with Crippen molar-refractivity contribution in [3.8, 4) is 11.5 Å². The predicted molar refractivity (Wildman–Crippen MR) is 76.8 cm³/mol. The van der Waals surface area contributed by atoms with Gasteiger partial charge in [-0.1, -0.05) is 0 Å². The summed E-state index contributed by atoms with van der Waals surface area (Å²) in [6.07, 6.45) is 2.39. The molecule has 1 fully saturated rings. The second kappa shape index (κ2) is 5.93. The Kier molecular flexibility index (Phi) is 4.51. The van der Waals surface area contributed by atoms with Crippen LogP contribution in [0.5, 0.6) is 11.5 Å². The van der Waals surface area contributed by atoms with Crippen LogP contribution in [0.2, 0.25) is 0 Å². The molecule has 0 saturated carbocycles. The lowest BCUT2D eigenvalue weighted by Crippen LogP contribution is -2.28. The van der Waals surface area contributed by atoms with Crippen LogP contribution in [-0.4, -0.2) is 27.3 Å². The molecule has 1 saturated heterocycles. The lowest BCUT2D eigenvalue weighted by molar-refractivity contribution is 0.380. The SMILES string of the molecule is COc1cc(C)c(OC)c(Br)c1C1CCCNC1. The molecule has 3 nitrogen and oxygen atoms in total. The maximum Gasteiger partial charge on any atom is 0.136 e. The lowest BCUT2D eigenvalue weighted by Gasteiger charge is -2.27. The molecule has 0 amide bonds. The molecule has 100 valence electrons. The number of nitrogens with one attached hydrogen (secondary N) is 1. The number of aryl methyl sites for hydroxylation is 1. The summed E-state index contributed by atoms with van der Waals surface area (Å²) in [7, 11) is 3.44. The summed E-state index contributed by atoms with van der Waals surface area (Å²) in [5.41, 5.74) is 2.32. The van der Waals surface area contributed by atoms with Gasteiger partial charge in [0.15, 0.2) is 0 Å². The lowest BCUT2D eigenvalue weighted by atomic mass is 9.90. The van der Waals surface area contributed by atoms with Crippen LogP contribution < -0.4 is 14.8 Å². The molecule has 1 aromatic carbocycles. The van der Waals surface area contributed by atoms with Crippen molar-refractivity contribution in [1.82, 2.24) is 5.32 Å². The molecular formula is C14H20BrNO2. The largest absolute Gasteiger partial charge is 0.496 e. The second-order valence-electron chi connectivity index (χ2n) is 4.70. The highest BCUT2D eigenvalue weighted by Crippen LogP contribution is 2.43. The van der Waals surface area contributed by atoms with Gasteiger partial charge in [-0.05, 0) is 53.9 Å². The highest BCUT2D eigenvalue weighted by Gasteiger charge is 2.24. The van der Waals surface area contributed by atoms with Gasteiger partial charge in [0.2, 0.25) is 0 Å². The van der Waals surface area contributed by atoms with Crippen LogP contribution >= 0.6 is 15.9 Å². The molecule has 1 atom stereocenters. The van der Waals surface area contributed by atoms with Crippen molar-refractivity contribution in [3.63, 3.8) is 0 Å². The first-order valence-electron chi connectivity index (χ1n) is 6.30. The van der Waals surface area contributed by atoms with E-state index in [0.717, 1.165) is 34.6 Å². The number of benzene rings is 1. The molecule has 0 spiro atoms. The zero-order valence-electron chi connectivity index (χ0n) is 11.2. The summed E-state index contributed by atoms with van der Waals surface area (Å²) < 4.78 is 12.1. The number of ether oxygens (including phenoxy) is 2. The van der Waals surface area contributed by atoms with E-state index in [1.54, 1.807) is 14.2 Å². The van der Waals surface area contributed by atoms with E-state index < -0.39 is 0 Å². The minimum absolute atomic E-state index is 0.484. The van der Waals surface area contributed by atoms with Crippen molar-refractivity contribution in [3.05, 3.63) is 21.7 Å². The van der Waals surface area contributed by atoms with E-state index in [0.29, 0.717) is 5.92 Å². The van der Waals surface area contributed by atoms with Crippen molar-refractivity contribution >= 4 is 15.9 Å². The maximum atomic E-state index is 5.55. The third-order valence-corrected chi connectivity index (χ3v) is 4.32. The number of hydrogen-bond acceptors (Lipinski definition) is 3. The van der Waals surface area contributed by atoms with E-state index in [2.05, 4.69) is 27.3 Å². The molecule has 0 radical (unpaired) electrons. The Balaban J connectivity index is 2.48. The summed E-state index contributed by atoms with van der Waals surface area (Å²) in [4.78, 5) is 0. The molecule has 1 aromatic rings. The third kappa shape index (κ3) is 2.50. The summed E-state index contributed by atoms with van der Waals surface area (Å²) in [5, 5.41) is 3.45. The van der Waals surface area contributed by atoms with Crippen LogP contribution in [0.1, 0.15) is 29.9 Å². The molecule has 1 N–H and O–H groups in total. The molecule has 18 heavy (non-hydrogen) atoms. The number of piperidine rings is 1. The summed E-state index contributed by atoms with van der Waals surface area (Å²) in [5.74, 6) is 2.35. The first kappa shape index (κ1) is 13.7. The average Bonchev–Trinajstić information content (AvgIpc) is 2.39. The van der Waals surface area contributed by atoms with Crippen molar-refractivity contribution in [2.24, 2.45) is 0 Å². The fourth-order valence-corrected chi connectivity index (χ4v) is 3.64. The Morgan fingerprint density at radius 3 is 2.67 bits per heavy atom. The van der Waals surface area contributed by atoms with E-state index in [9.17, 15) is 0 Å². The third-order valence-electron chi connectivity index (χ3n) is 3.54. The molecular weight excluding hydrogens is 294 g/mol. The zero-order chi connectivity index (χ0) is 13.1. The Morgan fingerprint density at radius 2 is 2.11 bits per heavy atom. The first-order chi connectivity index (χ1) is 8.69. The molecule has 1 unspecified atom stereocenters. The Labute approximate surface area is 117 Å². The van der Waals surface area contributed by atoms with Crippen LogP contribution in [-0.2, 0) is 0 Å². The molecule has 0 aromatic heterocycles. The fraction of sp³-hybridized carbons (Fsp3) is 0.571. The van der Waals surface area contributed by atoms with Crippen molar-refractivity contribution in [1.29, 1.82) is 0 Å². The van der Waals surface area contributed by atoms with Gasteiger partial charge in [-0.25, -0.2) is 0 Å². The Morgan fingerprint density at radius 1 is 1.33 bits per heavy atom. The number of halogens is 1. The highest BCUT2D eigenvalue weighted by molar-refractivity contribution is 9.10. The standard InChI is InChI=1S/C14H20BrNO2/c1-9-7-11(17-2)12(13(15)14(9)18-3)10-5-4-6-16-8-10/h7,10,16H,4-6,8H2,1-3H3. The van der Waals surface area contributed by atoms with Gasteiger partial charge in [-0.3, -0.25) is 0 Å². The van der Waals surface area contributed by atoms with Gasteiger partial charge in [0.1, 0.15) is 11.5 Å². The van der Waals surface area contributed by atoms with Crippen molar-refractivity contribution in [2.45, 2.75) is 25.7 Å². The molecule has 2 rings (SSSR count). The van der Waals surface area contributed by atoms with Gasteiger partial charge in [-0.2, -0.15) is 0 Å². The van der Waals surface area contributed by atoms with E-state index in [4.69, 9.17) is 9.47 Å². The molecule has 4 heteroatoms. The molecule has 1 aliphatic heterocycles. The summed E-state index contributed by atoms with van der Waals surface area (Å²) >= 11 is 3.69. The minimum atomic E-state index is 0.484. The first-order valence-corrected chi connectivity index (χ1v) is 7.10. The van der Waals surface area contributed by atoms with E-state index >= 15 is 0 Å². The molecule has 0 bridgehead atoms. The van der Waals surface area contributed by atoms with Gasteiger partial charge in [-0.15, -0.1) is 0 Å². The maximum absolute atomic E-state index is 5.55. The van der Waals surface area contributed by atoms with Gasteiger partial charge in [0.05, 0.1) is 18.7 Å². The van der Waals surface area contributed by atoms with Crippen molar-refractivity contribution < 1.29 is 9.47 Å². The van der Waals surface area contributed by atoms with Crippen LogP contribution in [0.25, 0.3) is 0 Å². The summed E-state index contributed by atoms with van der Waals surface area (Å²) in [6.45, 7) is 4.15. The quantitative estimate of drug-likeness (QED) is 0.929. The molecule has 1 aliphatic rings. The van der Waals surface area contributed by atoms with Crippen LogP contribution in [0.15, 0.2) is 10.5 Å².